The molecule has 0 amide bonds. The molecule has 0 aliphatic rings. The number of halogens is 2. The lowest BCUT2D eigenvalue weighted by molar-refractivity contribution is 0.585. The van der Waals surface area contributed by atoms with Crippen molar-refractivity contribution in [3.05, 3.63) is 54.1 Å². The molecule has 3 N–H and O–H groups in total. The number of benzene rings is 2. The summed E-state index contributed by atoms with van der Waals surface area (Å²) in [4.78, 5) is 0.160. The van der Waals surface area contributed by atoms with Crippen molar-refractivity contribution in [1.82, 2.24) is 10.2 Å². The Kier molecular flexibility index (Phi) is 3.84. The van der Waals surface area contributed by atoms with E-state index in [0.29, 0.717) is 16.8 Å². The summed E-state index contributed by atoms with van der Waals surface area (Å²) >= 11 is 0. The van der Waals surface area contributed by atoms with Gasteiger partial charge in [-0.05, 0) is 24.3 Å². The summed E-state index contributed by atoms with van der Waals surface area (Å²) < 4.78 is 50.3. The molecule has 1 heterocycles. The van der Waals surface area contributed by atoms with E-state index in [1.54, 1.807) is 12.1 Å². The molecule has 0 fully saturated rings. The lowest BCUT2D eigenvalue weighted by Gasteiger charge is -2.07. The van der Waals surface area contributed by atoms with Crippen LogP contribution in [0.25, 0.3) is 22.4 Å². The number of nitrogen functional groups attached to an aromatic ring is 1. The van der Waals surface area contributed by atoms with Crippen LogP contribution in [-0.2, 0) is 9.84 Å². The standard InChI is InChI=1S/C16H13F2N3O2S/c1-24(22,23)11-5-2-9(3-6-11)15-14(16(19)21-20-15)12-7-4-10(17)8-13(12)18/h2-8H,1H3,(H3,19,20,21). The Bertz CT molecular complexity index is 1010. The van der Waals surface area contributed by atoms with Crippen molar-refractivity contribution in [3.8, 4) is 22.4 Å². The van der Waals surface area contributed by atoms with E-state index in [2.05, 4.69) is 10.2 Å². The molecular formula is C16H13F2N3O2S. The third-order valence-corrected chi connectivity index (χ3v) is 4.69. The van der Waals surface area contributed by atoms with Gasteiger partial charge in [0.2, 0.25) is 0 Å². The first kappa shape index (κ1) is 16.1. The number of aromatic amines is 1. The third-order valence-electron chi connectivity index (χ3n) is 3.57. The van der Waals surface area contributed by atoms with Gasteiger partial charge in [-0.25, -0.2) is 17.2 Å². The van der Waals surface area contributed by atoms with Gasteiger partial charge in [0.1, 0.15) is 11.6 Å². The fraction of sp³-hybridized carbons (Fsp3) is 0.0625. The van der Waals surface area contributed by atoms with E-state index in [9.17, 15) is 17.2 Å². The summed E-state index contributed by atoms with van der Waals surface area (Å²) in [6.45, 7) is 0. The number of H-pyrrole nitrogens is 1. The molecule has 0 aliphatic heterocycles. The van der Waals surface area contributed by atoms with Crippen molar-refractivity contribution >= 4 is 15.7 Å². The SMILES string of the molecule is CS(=O)(=O)c1ccc(-c2[nH]nc(N)c2-c2ccc(F)cc2F)cc1. The first-order valence-electron chi connectivity index (χ1n) is 6.87. The normalized spacial score (nSPS) is 11.6. The van der Waals surface area contributed by atoms with Crippen LogP contribution in [0.4, 0.5) is 14.6 Å². The number of aromatic nitrogens is 2. The van der Waals surface area contributed by atoms with Crippen LogP contribution >= 0.6 is 0 Å². The van der Waals surface area contributed by atoms with E-state index in [0.717, 1.165) is 18.4 Å². The highest BCUT2D eigenvalue weighted by Gasteiger charge is 2.19. The van der Waals surface area contributed by atoms with Crippen LogP contribution in [0.1, 0.15) is 0 Å². The molecule has 0 atom stereocenters. The molecule has 0 saturated carbocycles. The van der Waals surface area contributed by atoms with Crippen molar-refractivity contribution < 1.29 is 17.2 Å². The Morgan fingerprint density at radius 2 is 1.75 bits per heavy atom. The third kappa shape index (κ3) is 2.88. The Hall–Kier alpha value is -2.74. The molecule has 3 rings (SSSR count). The highest BCUT2D eigenvalue weighted by atomic mass is 32.2. The Balaban J connectivity index is 2.14. The van der Waals surface area contributed by atoms with E-state index in [1.807, 2.05) is 0 Å². The van der Waals surface area contributed by atoms with Crippen molar-refractivity contribution in [1.29, 1.82) is 0 Å². The van der Waals surface area contributed by atoms with E-state index < -0.39 is 21.5 Å². The van der Waals surface area contributed by atoms with Crippen LogP contribution in [-0.4, -0.2) is 24.9 Å². The van der Waals surface area contributed by atoms with Crippen LogP contribution in [0.3, 0.4) is 0 Å². The minimum atomic E-state index is -3.32. The van der Waals surface area contributed by atoms with Crippen molar-refractivity contribution in [2.75, 3.05) is 12.0 Å². The molecule has 0 aliphatic carbocycles. The van der Waals surface area contributed by atoms with Gasteiger partial charge in [-0.2, -0.15) is 5.10 Å². The fourth-order valence-electron chi connectivity index (χ4n) is 2.40. The zero-order valence-electron chi connectivity index (χ0n) is 12.5. The van der Waals surface area contributed by atoms with E-state index in [-0.39, 0.29) is 16.3 Å². The van der Waals surface area contributed by atoms with Crippen molar-refractivity contribution in [2.24, 2.45) is 0 Å². The summed E-state index contributed by atoms with van der Waals surface area (Å²) in [6, 6.07) is 9.17. The highest BCUT2D eigenvalue weighted by molar-refractivity contribution is 7.90. The Morgan fingerprint density at radius 3 is 2.33 bits per heavy atom. The average Bonchev–Trinajstić information content (AvgIpc) is 2.88. The molecule has 0 saturated heterocycles. The van der Waals surface area contributed by atoms with Gasteiger partial charge in [-0.15, -0.1) is 0 Å². The quantitative estimate of drug-likeness (QED) is 0.761. The maximum Gasteiger partial charge on any atom is 0.175 e. The highest BCUT2D eigenvalue weighted by Crippen LogP contribution is 2.36. The molecule has 0 unspecified atom stereocenters. The predicted molar refractivity (Wildman–Crippen MR) is 86.9 cm³/mol. The number of hydrogen-bond acceptors (Lipinski definition) is 4. The minimum absolute atomic E-state index is 0.0581. The Morgan fingerprint density at radius 1 is 1.08 bits per heavy atom. The molecule has 0 radical (unpaired) electrons. The largest absolute Gasteiger partial charge is 0.382 e. The van der Waals surface area contributed by atoms with Crippen LogP contribution < -0.4 is 5.73 Å². The van der Waals surface area contributed by atoms with E-state index in [4.69, 9.17) is 5.73 Å². The van der Waals surface area contributed by atoms with Crippen LogP contribution in [0.15, 0.2) is 47.4 Å². The van der Waals surface area contributed by atoms with Gasteiger partial charge in [-0.3, -0.25) is 5.10 Å². The van der Waals surface area contributed by atoms with Gasteiger partial charge in [0.25, 0.3) is 0 Å². The summed E-state index contributed by atoms with van der Waals surface area (Å²) in [6.07, 6.45) is 1.11. The predicted octanol–water partition coefficient (Wildman–Crippen LogP) is 3.01. The van der Waals surface area contributed by atoms with E-state index in [1.165, 1.54) is 18.2 Å². The summed E-state index contributed by atoms with van der Waals surface area (Å²) in [7, 11) is -3.32. The number of rotatable bonds is 3. The summed E-state index contributed by atoms with van der Waals surface area (Å²) in [5, 5.41) is 6.58. The zero-order chi connectivity index (χ0) is 17.5. The lowest BCUT2D eigenvalue weighted by Crippen LogP contribution is -1.96. The van der Waals surface area contributed by atoms with Gasteiger partial charge in [0, 0.05) is 23.4 Å². The first-order valence-corrected chi connectivity index (χ1v) is 8.76. The zero-order valence-corrected chi connectivity index (χ0v) is 13.4. The molecule has 24 heavy (non-hydrogen) atoms. The van der Waals surface area contributed by atoms with Gasteiger partial charge in [-0.1, -0.05) is 12.1 Å². The second-order valence-corrected chi connectivity index (χ2v) is 7.30. The van der Waals surface area contributed by atoms with Crippen LogP contribution in [0, 0.1) is 11.6 Å². The van der Waals surface area contributed by atoms with Gasteiger partial charge in [0.15, 0.2) is 15.7 Å². The number of nitrogens with two attached hydrogens (primary N) is 1. The average molecular weight is 349 g/mol. The maximum absolute atomic E-state index is 14.1. The van der Waals surface area contributed by atoms with E-state index >= 15 is 0 Å². The van der Waals surface area contributed by atoms with Crippen LogP contribution in [0.5, 0.6) is 0 Å². The molecule has 5 nitrogen and oxygen atoms in total. The number of sulfone groups is 1. The first-order chi connectivity index (χ1) is 11.3. The lowest BCUT2D eigenvalue weighted by atomic mass is 10.0. The number of nitrogens with zero attached hydrogens (tertiary/aromatic N) is 1. The number of hydrogen-bond donors (Lipinski definition) is 2. The molecule has 8 heteroatoms. The molecule has 1 aromatic heterocycles. The van der Waals surface area contributed by atoms with Gasteiger partial charge < -0.3 is 5.73 Å². The number of nitrogens with one attached hydrogen (secondary N) is 1. The topological polar surface area (TPSA) is 88.8 Å². The van der Waals surface area contributed by atoms with Gasteiger partial charge >= 0.3 is 0 Å². The molecule has 3 aromatic rings. The minimum Gasteiger partial charge on any atom is -0.382 e. The van der Waals surface area contributed by atoms with Gasteiger partial charge in [0.05, 0.1) is 16.2 Å². The van der Waals surface area contributed by atoms with Crippen LogP contribution in [0.2, 0.25) is 0 Å². The molecular weight excluding hydrogens is 336 g/mol. The fourth-order valence-corrected chi connectivity index (χ4v) is 3.03. The van der Waals surface area contributed by atoms with Crippen molar-refractivity contribution in [3.63, 3.8) is 0 Å². The monoisotopic (exact) mass is 349 g/mol. The second-order valence-electron chi connectivity index (χ2n) is 5.28. The molecule has 124 valence electrons. The second kappa shape index (κ2) is 5.72. The summed E-state index contributed by atoms with van der Waals surface area (Å²) in [5.74, 6) is -1.41. The smallest absolute Gasteiger partial charge is 0.175 e. The number of anilines is 1. The molecule has 0 bridgehead atoms. The van der Waals surface area contributed by atoms with Crippen molar-refractivity contribution in [2.45, 2.75) is 4.90 Å². The molecule has 0 spiro atoms. The molecule has 2 aromatic carbocycles. The Labute approximate surface area is 137 Å². The maximum atomic E-state index is 14.1. The summed E-state index contributed by atoms with van der Waals surface area (Å²) in [5.41, 5.74) is 7.20.